The third-order valence-electron chi connectivity index (χ3n) is 19.7. The number of para-hydroxylation sites is 2. The molecule has 5 nitrogen and oxygen atoms in total. The number of fused-ring (bicyclic) bond motifs is 15. The van der Waals surface area contributed by atoms with Gasteiger partial charge in [0.25, 0.3) is 0 Å². The fourth-order valence-corrected chi connectivity index (χ4v) is 17.3. The highest BCUT2D eigenvalue weighted by Gasteiger charge is 2.27. The van der Waals surface area contributed by atoms with Gasteiger partial charge in [-0.1, -0.05) is 217 Å². The van der Waals surface area contributed by atoms with Crippen LogP contribution in [-0.4, -0.2) is 9.97 Å². The maximum atomic E-state index is 7.08. The van der Waals surface area contributed by atoms with Gasteiger partial charge < -0.3 is 14.2 Å². The molecule has 0 aliphatic carbocycles. The molecule has 5 aromatic heterocycles. The van der Waals surface area contributed by atoms with E-state index in [9.17, 15) is 0 Å². The van der Waals surface area contributed by atoms with Crippen LogP contribution in [0.5, 0.6) is 0 Å². The van der Waals surface area contributed by atoms with Crippen LogP contribution in [0.25, 0.3) is 139 Å². The molecule has 0 fully saturated rings. The summed E-state index contributed by atoms with van der Waals surface area (Å²) in [4.78, 5) is 14.6. The molecule has 5 heterocycles. The summed E-state index contributed by atoms with van der Waals surface area (Å²) in [5.41, 5.74) is 19.6. The number of benzene rings is 13. The monoisotopic (exact) mass is 1280 g/mol. The van der Waals surface area contributed by atoms with Crippen LogP contribution in [0.15, 0.2) is 296 Å². The lowest BCUT2D eigenvalue weighted by atomic mass is 9.86. The quantitative estimate of drug-likeness (QED) is 0.128. The Balaban J connectivity index is 0.819. The molecule has 0 bridgehead atoms. The molecule has 0 amide bonds. The van der Waals surface area contributed by atoms with E-state index in [2.05, 4.69) is 318 Å². The second kappa shape index (κ2) is 22.7. The highest BCUT2D eigenvalue weighted by Crippen LogP contribution is 2.52. The first-order valence-corrected chi connectivity index (χ1v) is 35.0. The number of furan rings is 1. The van der Waals surface area contributed by atoms with Gasteiger partial charge in [-0.15, -0.1) is 22.7 Å². The number of nitrogens with zero attached hydrogens (tertiary/aromatic N) is 4. The van der Waals surface area contributed by atoms with E-state index in [0.717, 1.165) is 106 Å². The molecular weight excluding hydrogens is 1220 g/mol. The lowest BCUT2D eigenvalue weighted by molar-refractivity contribution is 0.590. The standard InChI is InChI=1S/C90H66N4OS2/c1-89(2,3)57-38-34-55(35-39-57)62-20-9-11-31-80(62)93(60-44-47-85-77(52-60)69-25-18-27-70(86(69)96-85)78-29-13-15-48-91-78)59-42-45-66-72(50-59)64-22-7-8-23-65(64)73-53-76-75-51-61(43-46-83(75)95-84(76)54-74(66)73)94(81-32-12-10-21-63(81)56-36-40-58(41-37-56)90(4,5)6)82-33-19-26-68-67-24-17-28-71(87(67)97-88(68)82)79-30-14-16-49-92-79/h7-54H,1-6H3. The average molecular weight is 1280 g/mol. The highest BCUT2D eigenvalue weighted by atomic mass is 32.1. The third-order valence-corrected chi connectivity index (χ3v) is 22.2. The Kier molecular flexibility index (Phi) is 13.7. The van der Waals surface area contributed by atoms with Gasteiger partial charge in [-0.05, 0) is 169 Å². The molecule has 0 aliphatic heterocycles. The molecular formula is C90H66N4OS2. The molecule has 0 aliphatic rings. The summed E-state index contributed by atoms with van der Waals surface area (Å²) in [6.45, 7) is 13.7. The maximum Gasteiger partial charge on any atom is 0.136 e. The molecule has 0 atom stereocenters. The second-order valence-corrected chi connectivity index (χ2v) is 29.7. The zero-order valence-corrected chi connectivity index (χ0v) is 56.4. The minimum atomic E-state index is 0.0207. The van der Waals surface area contributed by atoms with E-state index in [0.29, 0.717) is 0 Å². The second-order valence-electron chi connectivity index (χ2n) is 27.6. The number of hydrogen-bond acceptors (Lipinski definition) is 7. The van der Waals surface area contributed by atoms with Crippen molar-refractivity contribution in [3.63, 3.8) is 0 Å². The number of anilines is 6. The van der Waals surface area contributed by atoms with Crippen LogP contribution in [0.3, 0.4) is 0 Å². The van der Waals surface area contributed by atoms with Crippen LogP contribution in [0.2, 0.25) is 0 Å². The Morgan fingerprint density at radius 3 is 1.33 bits per heavy atom. The van der Waals surface area contributed by atoms with Gasteiger partial charge in [0.05, 0.1) is 33.1 Å². The van der Waals surface area contributed by atoms with Crippen molar-refractivity contribution < 1.29 is 4.42 Å². The van der Waals surface area contributed by atoms with Crippen molar-refractivity contribution in [2.75, 3.05) is 9.80 Å². The van der Waals surface area contributed by atoms with Crippen LogP contribution < -0.4 is 9.80 Å². The van der Waals surface area contributed by atoms with E-state index in [-0.39, 0.29) is 10.8 Å². The van der Waals surface area contributed by atoms with Gasteiger partial charge in [0.2, 0.25) is 0 Å². The van der Waals surface area contributed by atoms with E-state index in [4.69, 9.17) is 14.4 Å². The van der Waals surface area contributed by atoms with Crippen molar-refractivity contribution in [3.05, 3.63) is 303 Å². The largest absolute Gasteiger partial charge is 0.456 e. The van der Waals surface area contributed by atoms with Gasteiger partial charge in [0.1, 0.15) is 11.2 Å². The Hall–Kier alpha value is -11.2. The van der Waals surface area contributed by atoms with Gasteiger partial charge in [-0.2, -0.15) is 0 Å². The van der Waals surface area contributed by atoms with Crippen molar-refractivity contribution >= 4 is 151 Å². The minimum absolute atomic E-state index is 0.0207. The fraction of sp³-hybridized carbons (Fsp3) is 0.0889. The Bertz CT molecular complexity index is 6150. The van der Waals surface area contributed by atoms with Crippen LogP contribution in [0.1, 0.15) is 52.7 Å². The molecule has 7 heteroatoms. The molecule has 464 valence electrons. The summed E-state index contributed by atoms with van der Waals surface area (Å²) in [7, 11) is 0. The number of rotatable bonds is 10. The van der Waals surface area contributed by atoms with Crippen LogP contribution in [0.4, 0.5) is 34.1 Å². The summed E-state index contributed by atoms with van der Waals surface area (Å²) >= 11 is 3.68. The molecule has 0 saturated carbocycles. The lowest BCUT2D eigenvalue weighted by Crippen LogP contribution is -2.12. The predicted octanol–water partition coefficient (Wildman–Crippen LogP) is 26.8. The maximum absolute atomic E-state index is 7.08. The molecule has 97 heavy (non-hydrogen) atoms. The molecule has 0 unspecified atom stereocenters. The van der Waals surface area contributed by atoms with Crippen molar-refractivity contribution in [2.45, 2.75) is 52.4 Å². The summed E-state index contributed by atoms with van der Waals surface area (Å²) in [5.74, 6) is 0. The van der Waals surface area contributed by atoms with Crippen molar-refractivity contribution in [1.82, 2.24) is 9.97 Å². The van der Waals surface area contributed by atoms with Crippen molar-refractivity contribution in [3.8, 4) is 44.8 Å². The summed E-state index contributed by atoms with van der Waals surface area (Å²) in [5, 5.41) is 14.0. The number of aromatic nitrogens is 2. The lowest BCUT2D eigenvalue weighted by Gasteiger charge is -2.29. The van der Waals surface area contributed by atoms with Crippen molar-refractivity contribution in [1.29, 1.82) is 0 Å². The van der Waals surface area contributed by atoms with E-state index in [1.54, 1.807) is 0 Å². The van der Waals surface area contributed by atoms with E-state index < -0.39 is 0 Å². The van der Waals surface area contributed by atoms with Gasteiger partial charge >= 0.3 is 0 Å². The zero-order valence-electron chi connectivity index (χ0n) is 54.7. The zero-order chi connectivity index (χ0) is 65.3. The van der Waals surface area contributed by atoms with Gasteiger partial charge in [-0.3, -0.25) is 9.97 Å². The van der Waals surface area contributed by atoms with Gasteiger partial charge in [-0.25, -0.2) is 0 Å². The Labute approximate surface area is 571 Å². The summed E-state index contributed by atoms with van der Waals surface area (Å²) in [6.07, 6.45) is 3.77. The Morgan fingerprint density at radius 2 is 0.722 bits per heavy atom. The topological polar surface area (TPSA) is 45.4 Å². The van der Waals surface area contributed by atoms with Crippen molar-refractivity contribution in [2.24, 2.45) is 0 Å². The van der Waals surface area contributed by atoms with Gasteiger partial charge in [0, 0.05) is 98.1 Å². The first-order chi connectivity index (χ1) is 47.4. The molecule has 18 rings (SSSR count). The van der Waals surface area contributed by atoms with Crippen LogP contribution in [-0.2, 0) is 10.8 Å². The Morgan fingerprint density at radius 1 is 0.289 bits per heavy atom. The molecule has 13 aromatic carbocycles. The molecule has 0 saturated heterocycles. The van der Waals surface area contributed by atoms with Crippen LogP contribution >= 0.6 is 22.7 Å². The molecule has 0 N–H and O–H groups in total. The molecule has 18 aromatic rings. The minimum Gasteiger partial charge on any atom is -0.456 e. The molecule has 0 spiro atoms. The van der Waals surface area contributed by atoms with E-state index >= 15 is 0 Å². The fourth-order valence-electron chi connectivity index (χ4n) is 14.8. The summed E-state index contributed by atoms with van der Waals surface area (Å²) in [6, 6.07) is 103. The first-order valence-electron chi connectivity index (χ1n) is 33.3. The van der Waals surface area contributed by atoms with Gasteiger partial charge in [0.15, 0.2) is 0 Å². The van der Waals surface area contributed by atoms with Crippen LogP contribution in [0, 0.1) is 0 Å². The molecule has 0 radical (unpaired) electrons. The SMILES string of the molecule is CC(C)(C)c1ccc(-c2ccccc2N(c2ccc3sc4c(-c5ccccn5)cccc4c3c2)c2ccc3c(c2)c2ccccc2c2cc4c(cc32)oc2ccc(N(c3ccccc3-c3ccc(C(C)(C)C)cc3)c3cccc5c3sc3c(-c6ccccn6)cccc35)cc24)cc1. The first kappa shape index (κ1) is 58.4. The predicted molar refractivity (Wildman–Crippen MR) is 416 cm³/mol. The number of hydrogen-bond donors (Lipinski definition) is 0. The van der Waals surface area contributed by atoms with E-state index in [1.165, 1.54) is 78.6 Å². The average Bonchev–Trinajstić information content (AvgIpc) is 1.71. The highest BCUT2D eigenvalue weighted by molar-refractivity contribution is 7.27. The van der Waals surface area contributed by atoms with E-state index in [1.807, 2.05) is 47.2 Å². The number of thiophene rings is 2. The summed E-state index contributed by atoms with van der Waals surface area (Å²) < 4.78 is 12.0. The third kappa shape index (κ3) is 9.86. The smallest absolute Gasteiger partial charge is 0.136 e. The number of pyridine rings is 2. The normalized spacial score (nSPS) is 12.2.